The lowest BCUT2D eigenvalue weighted by Crippen LogP contribution is -2.27. The standard InChI is InChI=1S/C19H23N3O2/c1-19(2,3)17-10-14(20-21-17)11-22(4)18(23)9-13-12-24-16-8-6-5-7-15(13)16/h5-8,10,12H,9,11H2,1-4H3,(H,20,21). The number of benzene rings is 1. The van der Waals surface area contributed by atoms with Crippen molar-refractivity contribution in [2.75, 3.05) is 7.05 Å². The number of aromatic nitrogens is 2. The molecule has 3 rings (SSSR count). The van der Waals surface area contributed by atoms with E-state index in [-0.39, 0.29) is 11.3 Å². The molecule has 3 aromatic rings. The molecular weight excluding hydrogens is 302 g/mol. The second kappa shape index (κ2) is 6.15. The molecule has 126 valence electrons. The first-order valence-corrected chi connectivity index (χ1v) is 8.08. The van der Waals surface area contributed by atoms with Gasteiger partial charge in [0.15, 0.2) is 0 Å². The molecule has 0 saturated heterocycles. The number of amides is 1. The predicted octanol–water partition coefficient (Wildman–Crippen LogP) is 3.65. The highest BCUT2D eigenvalue weighted by atomic mass is 16.3. The van der Waals surface area contributed by atoms with Gasteiger partial charge in [-0.1, -0.05) is 39.0 Å². The number of carbonyl (C=O) groups excluding carboxylic acids is 1. The summed E-state index contributed by atoms with van der Waals surface area (Å²) < 4.78 is 5.50. The SMILES string of the molecule is CN(Cc1cc(C(C)(C)C)n[nH]1)C(=O)Cc1coc2ccccc12. The van der Waals surface area contributed by atoms with Crippen LogP contribution in [0.2, 0.25) is 0 Å². The van der Waals surface area contributed by atoms with E-state index in [1.165, 1.54) is 0 Å². The van der Waals surface area contributed by atoms with Gasteiger partial charge in [0.1, 0.15) is 5.58 Å². The lowest BCUT2D eigenvalue weighted by Gasteiger charge is -2.16. The van der Waals surface area contributed by atoms with Gasteiger partial charge in [0.25, 0.3) is 0 Å². The van der Waals surface area contributed by atoms with Crippen LogP contribution >= 0.6 is 0 Å². The molecule has 0 aliphatic heterocycles. The first kappa shape index (κ1) is 16.3. The van der Waals surface area contributed by atoms with Crippen LogP contribution in [0.5, 0.6) is 0 Å². The second-order valence-corrected chi connectivity index (χ2v) is 7.21. The van der Waals surface area contributed by atoms with Gasteiger partial charge >= 0.3 is 0 Å². The van der Waals surface area contributed by atoms with E-state index in [1.54, 1.807) is 11.2 Å². The van der Waals surface area contributed by atoms with Crippen LogP contribution < -0.4 is 0 Å². The minimum absolute atomic E-state index is 0.00691. The number of carbonyl (C=O) groups is 1. The van der Waals surface area contributed by atoms with Crippen LogP contribution in [-0.2, 0) is 23.2 Å². The number of furan rings is 1. The number of para-hydroxylation sites is 1. The zero-order chi connectivity index (χ0) is 17.3. The molecule has 1 N–H and O–H groups in total. The number of rotatable bonds is 4. The van der Waals surface area contributed by atoms with Gasteiger partial charge in [0.2, 0.25) is 5.91 Å². The number of nitrogens with zero attached hydrogens (tertiary/aromatic N) is 2. The van der Waals surface area contributed by atoms with Crippen LogP contribution in [0.4, 0.5) is 0 Å². The molecule has 5 heteroatoms. The molecule has 0 atom stereocenters. The number of H-pyrrole nitrogens is 1. The highest BCUT2D eigenvalue weighted by Crippen LogP contribution is 2.22. The molecule has 1 amide bonds. The van der Waals surface area contributed by atoms with Crippen molar-refractivity contribution in [1.29, 1.82) is 0 Å². The quantitative estimate of drug-likeness (QED) is 0.796. The number of hydrogen-bond donors (Lipinski definition) is 1. The molecule has 2 heterocycles. The Balaban J connectivity index is 1.68. The first-order chi connectivity index (χ1) is 11.3. The molecular formula is C19H23N3O2. The molecule has 2 aromatic heterocycles. The Morgan fingerprint density at radius 3 is 2.75 bits per heavy atom. The van der Waals surface area contributed by atoms with Gasteiger partial charge in [0.05, 0.1) is 30.6 Å². The normalized spacial score (nSPS) is 11.8. The predicted molar refractivity (Wildman–Crippen MR) is 93.7 cm³/mol. The Labute approximate surface area is 141 Å². The Bertz CT molecular complexity index is 855. The van der Waals surface area contributed by atoms with E-state index in [0.717, 1.165) is 27.9 Å². The van der Waals surface area contributed by atoms with Crippen LogP contribution in [0.25, 0.3) is 11.0 Å². The summed E-state index contributed by atoms with van der Waals surface area (Å²) in [5.41, 5.74) is 3.66. The molecule has 0 unspecified atom stereocenters. The maximum Gasteiger partial charge on any atom is 0.227 e. The average molecular weight is 325 g/mol. The van der Waals surface area contributed by atoms with Crippen LogP contribution in [0, 0.1) is 0 Å². The van der Waals surface area contributed by atoms with Crippen molar-refractivity contribution in [2.24, 2.45) is 0 Å². The third-order valence-electron chi connectivity index (χ3n) is 4.14. The van der Waals surface area contributed by atoms with Gasteiger partial charge in [-0.25, -0.2) is 0 Å². The van der Waals surface area contributed by atoms with E-state index >= 15 is 0 Å². The van der Waals surface area contributed by atoms with Crippen LogP contribution in [0.1, 0.15) is 37.7 Å². The second-order valence-electron chi connectivity index (χ2n) is 7.21. The van der Waals surface area contributed by atoms with Crippen molar-refractivity contribution in [2.45, 2.75) is 39.2 Å². The fraction of sp³-hybridized carbons (Fsp3) is 0.368. The molecule has 0 aliphatic carbocycles. The lowest BCUT2D eigenvalue weighted by molar-refractivity contribution is -0.129. The van der Waals surface area contributed by atoms with E-state index in [2.05, 4.69) is 31.0 Å². The van der Waals surface area contributed by atoms with Crippen molar-refractivity contribution < 1.29 is 9.21 Å². The van der Waals surface area contributed by atoms with Gasteiger partial charge in [-0.2, -0.15) is 5.10 Å². The smallest absolute Gasteiger partial charge is 0.227 e. The van der Waals surface area contributed by atoms with Crippen molar-refractivity contribution >= 4 is 16.9 Å². The fourth-order valence-corrected chi connectivity index (χ4v) is 2.64. The number of aromatic amines is 1. The molecule has 5 nitrogen and oxygen atoms in total. The number of nitrogens with one attached hydrogen (secondary N) is 1. The summed E-state index contributed by atoms with van der Waals surface area (Å²) in [6.07, 6.45) is 2.00. The van der Waals surface area contributed by atoms with Crippen molar-refractivity contribution in [1.82, 2.24) is 15.1 Å². The van der Waals surface area contributed by atoms with Gasteiger partial charge in [-0.15, -0.1) is 0 Å². The molecule has 0 aliphatic rings. The lowest BCUT2D eigenvalue weighted by atomic mass is 9.92. The van der Waals surface area contributed by atoms with Gasteiger partial charge in [-0.3, -0.25) is 9.89 Å². The average Bonchev–Trinajstić information content (AvgIpc) is 3.14. The zero-order valence-corrected chi connectivity index (χ0v) is 14.6. The van der Waals surface area contributed by atoms with Gasteiger partial charge in [0, 0.05) is 23.4 Å². The van der Waals surface area contributed by atoms with Crippen molar-refractivity contribution in [3.8, 4) is 0 Å². The Morgan fingerprint density at radius 2 is 2.04 bits per heavy atom. The molecule has 1 aromatic carbocycles. The molecule has 24 heavy (non-hydrogen) atoms. The first-order valence-electron chi connectivity index (χ1n) is 8.08. The maximum atomic E-state index is 12.5. The van der Waals surface area contributed by atoms with Crippen LogP contribution in [-0.4, -0.2) is 28.1 Å². The number of fused-ring (bicyclic) bond motifs is 1. The Hall–Kier alpha value is -2.56. The highest BCUT2D eigenvalue weighted by Gasteiger charge is 2.19. The minimum atomic E-state index is -0.00691. The summed E-state index contributed by atoms with van der Waals surface area (Å²) in [4.78, 5) is 14.2. The summed E-state index contributed by atoms with van der Waals surface area (Å²) in [6, 6.07) is 9.79. The maximum absolute atomic E-state index is 12.5. The van der Waals surface area contributed by atoms with Gasteiger partial charge in [-0.05, 0) is 12.1 Å². The Morgan fingerprint density at radius 1 is 1.29 bits per heavy atom. The Kier molecular flexibility index (Phi) is 4.18. The summed E-state index contributed by atoms with van der Waals surface area (Å²) >= 11 is 0. The van der Waals surface area contributed by atoms with Crippen LogP contribution in [0.15, 0.2) is 41.0 Å². The molecule has 0 spiro atoms. The van der Waals surface area contributed by atoms with E-state index in [0.29, 0.717) is 13.0 Å². The van der Waals surface area contributed by atoms with Gasteiger partial charge < -0.3 is 9.32 Å². The topological polar surface area (TPSA) is 62.1 Å². The fourth-order valence-electron chi connectivity index (χ4n) is 2.64. The third kappa shape index (κ3) is 3.35. The van der Waals surface area contributed by atoms with Crippen LogP contribution in [0.3, 0.4) is 0 Å². The summed E-state index contributed by atoms with van der Waals surface area (Å²) in [5, 5.41) is 8.36. The number of hydrogen-bond acceptors (Lipinski definition) is 3. The summed E-state index contributed by atoms with van der Waals surface area (Å²) in [5.74, 6) is 0.0495. The number of likely N-dealkylation sites (N-methyl/N-ethyl adjacent to an activating group) is 1. The summed E-state index contributed by atoms with van der Waals surface area (Å²) in [6.45, 7) is 6.86. The molecule has 0 radical (unpaired) electrons. The minimum Gasteiger partial charge on any atom is -0.464 e. The molecule has 0 fully saturated rings. The molecule has 0 bridgehead atoms. The van der Waals surface area contributed by atoms with E-state index in [9.17, 15) is 4.79 Å². The third-order valence-corrected chi connectivity index (χ3v) is 4.14. The van der Waals surface area contributed by atoms with Crippen molar-refractivity contribution in [3.63, 3.8) is 0 Å². The zero-order valence-electron chi connectivity index (χ0n) is 14.6. The van der Waals surface area contributed by atoms with Crippen molar-refractivity contribution in [3.05, 3.63) is 53.5 Å². The monoisotopic (exact) mass is 325 g/mol. The highest BCUT2D eigenvalue weighted by molar-refractivity contribution is 5.87. The summed E-state index contributed by atoms with van der Waals surface area (Å²) in [7, 11) is 1.81. The largest absolute Gasteiger partial charge is 0.464 e. The van der Waals surface area contributed by atoms with E-state index in [4.69, 9.17) is 4.42 Å². The van der Waals surface area contributed by atoms with E-state index in [1.807, 2.05) is 37.4 Å². The molecule has 0 saturated carbocycles. The van der Waals surface area contributed by atoms with E-state index < -0.39 is 0 Å².